The average Bonchev–Trinajstić information content (AvgIpc) is 3.29. The molecule has 3 aromatic rings. The van der Waals surface area contributed by atoms with Crippen LogP contribution >= 0.6 is 0 Å². The molecule has 1 aliphatic heterocycles. The lowest BCUT2D eigenvalue weighted by Crippen LogP contribution is -2.36. The molecule has 1 aromatic carbocycles. The van der Waals surface area contributed by atoms with Crippen LogP contribution in [0, 0.1) is 0 Å². The predicted molar refractivity (Wildman–Crippen MR) is 108 cm³/mol. The summed E-state index contributed by atoms with van der Waals surface area (Å²) in [5.41, 5.74) is 3.48. The quantitative estimate of drug-likeness (QED) is 0.691. The van der Waals surface area contributed by atoms with Crippen LogP contribution in [0.15, 0.2) is 53.3 Å². The number of amides is 1. The number of hydrogen-bond acceptors (Lipinski definition) is 6. The van der Waals surface area contributed by atoms with E-state index in [4.69, 9.17) is 13.9 Å². The molecule has 1 amide bonds. The lowest BCUT2D eigenvalue weighted by Gasteiger charge is -2.29. The van der Waals surface area contributed by atoms with Crippen LogP contribution < -0.4 is 14.8 Å². The Hall–Kier alpha value is -3.48. The van der Waals surface area contributed by atoms with E-state index in [0.717, 1.165) is 23.4 Å². The van der Waals surface area contributed by atoms with Crippen molar-refractivity contribution in [1.82, 2.24) is 9.88 Å². The summed E-state index contributed by atoms with van der Waals surface area (Å²) < 4.78 is 16.1. The van der Waals surface area contributed by atoms with Gasteiger partial charge in [-0.15, -0.1) is 0 Å². The molecular weight excluding hydrogens is 370 g/mol. The molecule has 3 heterocycles. The van der Waals surface area contributed by atoms with Crippen molar-refractivity contribution in [2.75, 3.05) is 26.1 Å². The van der Waals surface area contributed by atoms with Crippen molar-refractivity contribution >= 4 is 11.6 Å². The molecule has 0 bridgehead atoms. The number of nitrogens with zero attached hydrogens (tertiary/aromatic N) is 2. The number of methoxy groups -OCH3 is 2. The fourth-order valence-corrected chi connectivity index (χ4v) is 3.48. The van der Waals surface area contributed by atoms with Gasteiger partial charge in [0.25, 0.3) is 5.91 Å². The summed E-state index contributed by atoms with van der Waals surface area (Å²) in [6.07, 6.45) is 4.04. The highest BCUT2D eigenvalue weighted by molar-refractivity contribution is 5.93. The number of ether oxygens (including phenoxy) is 2. The van der Waals surface area contributed by atoms with E-state index in [1.54, 1.807) is 32.7 Å². The molecule has 4 rings (SSSR count). The molecule has 0 radical (unpaired) electrons. The van der Waals surface area contributed by atoms with Crippen molar-refractivity contribution < 1.29 is 18.7 Å². The molecule has 7 nitrogen and oxygen atoms in total. The zero-order valence-electron chi connectivity index (χ0n) is 16.5. The minimum Gasteiger partial charge on any atom is -0.493 e. The third-order valence-corrected chi connectivity index (χ3v) is 5.03. The summed E-state index contributed by atoms with van der Waals surface area (Å²) in [6.45, 7) is 1.69. The number of fused-ring (bicyclic) bond motifs is 1. The Morgan fingerprint density at radius 1 is 1.17 bits per heavy atom. The fraction of sp³-hybridized carbons (Fsp3) is 0.273. The van der Waals surface area contributed by atoms with Gasteiger partial charge >= 0.3 is 0 Å². The second-order valence-electron chi connectivity index (χ2n) is 6.82. The molecule has 0 unspecified atom stereocenters. The van der Waals surface area contributed by atoms with Gasteiger partial charge in [0, 0.05) is 25.0 Å². The predicted octanol–water partition coefficient (Wildman–Crippen LogP) is 3.50. The first-order valence-electron chi connectivity index (χ1n) is 9.43. The van der Waals surface area contributed by atoms with Gasteiger partial charge in [0.05, 0.1) is 27.0 Å². The summed E-state index contributed by atoms with van der Waals surface area (Å²) in [5, 5.41) is 3.25. The van der Waals surface area contributed by atoms with Crippen LogP contribution in [-0.4, -0.2) is 36.6 Å². The van der Waals surface area contributed by atoms with Crippen LogP contribution in [0.3, 0.4) is 0 Å². The van der Waals surface area contributed by atoms with Gasteiger partial charge in [-0.2, -0.15) is 0 Å². The highest BCUT2D eigenvalue weighted by Crippen LogP contribution is 2.33. The number of aromatic nitrogens is 1. The van der Waals surface area contributed by atoms with Crippen LogP contribution in [0.25, 0.3) is 0 Å². The number of benzene rings is 1. The maximum Gasteiger partial charge on any atom is 0.272 e. The molecule has 0 atom stereocenters. The van der Waals surface area contributed by atoms with Crippen molar-refractivity contribution in [2.24, 2.45) is 0 Å². The average molecular weight is 393 g/mol. The number of carbonyl (C=O) groups excluding carboxylic acids is 1. The van der Waals surface area contributed by atoms with E-state index < -0.39 is 0 Å². The van der Waals surface area contributed by atoms with Crippen molar-refractivity contribution in [3.63, 3.8) is 0 Å². The van der Waals surface area contributed by atoms with Gasteiger partial charge in [0.15, 0.2) is 11.5 Å². The van der Waals surface area contributed by atoms with E-state index in [2.05, 4.69) is 10.3 Å². The number of rotatable bonds is 6. The van der Waals surface area contributed by atoms with Gasteiger partial charge in [-0.3, -0.25) is 9.78 Å². The molecule has 2 aromatic heterocycles. The first-order chi connectivity index (χ1) is 14.2. The summed E-state index contributed by atoms with van der Waals surface area (Å²) in [6, 6.07) is 11.3. The lowest BCUT2D eigenvalue weighted by molar-refractivity contribution is 0.0728. The Bertz CT molecular complexity index is 1000. The minimum absolute atomic E-state index is 0.0907. The van der Waals surface area contributed by atoms with E-state index in [0.29, 0.717) is 36.8 Å². The number of furan rings is 1. The first kappa shape index (κ1) is 18.9. The Balaban J connectivity index is 1.48. The zero-order valence-corrected chi connectivity index (χ0v) is 16.5. The normalized spacial score (nSPS) is 13.0. The van der Waals surface area contributed by atoms with Gasteiger partial charge < -0.3 is 24.1 Å². The Labute approximate surface area is 169 Å². The second-order valence-corrected chi connectivity index (χ2v) is 6.82. The molecule has 0 saturated heterocycles. The molecule has 0 spiro atoms. The number of carbonyl (C=O) groups is 1. The number of pyridine rings is 1. The summed E-state index contributed by atoms with van der Waals surface area (Å²) >= 11 is 0. The van der Waals surface area contributed by atoms with Crippen molar-refractivity contribution in [3.8, 4) is 11.5 Å². The third-order valence-electron chi connectivity index (χ3n) is 5.03. The summed E-state index contributed by atoms with van der Waals surface area (Å²) in [7, 11) is 3.24. The summed E-state index contributed by atoms with van der Waals surface area (Å²) in [5.74, 6) is 2.12. The Morgan fingerprint density at radius 2 is 1.97 bits per heavy atom. The van der Waals surface area contributed by atoms with E-state index >= 15 is 0 Å². The van der Waals surface area contributed by atoms with Crippen molar-refractivity contribution in [3.05, 3.63) is 71.4 Å². The Kier molecular flexibility index (Phi) is 5.37. The Morgan fingerprint density at radius 3 is 2.69 bits per heavy atom. The van der Waals surface area contributed by atoms with Crippen LogP contribution in [0.2, 0.25) is 0 Å². The van der Waals surface area contributed by atoms with E-state index in [1.165, 1.54) is 5.56 Å². The van der Waals surface area contributed by atoms with E-state index in [-0.39, 0.29) is 5.91 Å². The molecule has 29 heavy (non-hydrogen) atoms. The van der Waals surface area contributed by atoms with Crippen molar-refractivity contribution in [1.29, 1.82) is 0 Å². The molecule has 150 valence electrons. The molecule has 1 aliphatic rings. The maximum absolute atomic E-state index is 13.0. The fourth-order valence-electron chi connectivity index (χ4n) is 3.48. The zero-order chi connectivity index (χ0) is 20.2. The van der Waals surface area contributed by atoms with Gasteiger partial charge in [0.2, 0.25) is 0 Å². The van der Waals surface area contributed by atoms with Crippen molar-refractivity contribution in [2.45, 2.75) is 19.5 Å². The van der Waals surface area contributed by atoms with Gasteiger partial charge in [-0.1, -0.05) is 0 Å². The monoisotopic (exact) mass is 393 g/mol. The highest BCUT2D eigenvalue weighted by Gasteiger charge is 2.24. The highest BCUT2D eigenvalue weighted by atomic mass is 16.5. The molecule has 1 N–H and O–H groups in total. The molecule has 7 heteroatoms. The SMILES string of the molecule is COc1cc2c(cc1OC)CN(C(=O)c1cc(NCc3ccco3)ccn1)CC2. The topological polar surface area (TPSA) is 76.8 Å². The van der Waals surface area contributed by atoms with Gasteiger partial charge in [-0.25, -0.2) is 0 Å². The molecular formula is C22H23N3O4. The van der Waals surface area contributed by atoms with Crippen LogP contribution in [-0.2, 0) is 19.5 Å². The largest absolute Gasteiger partial charge is 0.493 e. The lowest BCUT2D eigenvalue weighted by atomic mass is 9.98. The second kappa shape index (κ2) is 8.26. The first-order valence-corrected chi connectivity index (χ1v) is 9.43. The molecule has 0 saturated carbocycles. The van der Waals surface area contributed by atoms with Gasteiger partial charge in [0.1, 0.15) is 11.5 Å². The van der Waals surface area contributed by atoms with E-state index in [1.807, 2.05) is 35.2 Å². The van der Waals surface area contributed by atoms with Crippen LogP contribution in [0.4, 0.5) is 5.69 Å². The van der Waals surface area contributed by atoms with E-state index in [9.17, 15) is 4.79 Å². The van der Waals surface area contributed by atoms with Crippen LogP contribution in [0.5, 0.6) is 11.5 Å². The number of nitrogens with one attached hydrogen (secondary N) is 1. The maximum atomic E-state index is 13.0. The standard InChI is InChI=1S/C22H23N3O4/c1-27-20-10-15-6-8-25(14-16(15)11-21(20)28-2)22(26)19-12-17(5-7-23-19)24-13-18-4-3-9-29-18/h3-5,7,9-12H,6,8,13-14H2,1-2H3,(H,23,24). The van der Waals surface area contributed by atoms with Gasteiger partial charge in [-0.05, 0) is 53.9 Å². The molecule has 0 aliphatic carbocycles. The third kappa shape index (κ3) is 4.03. The smallest absolute Gasteiger partial charge is 0.272 e. The summed E-state index contributed by atoms with van der Waals surface area (Å²) in [4.78, 5) is 19.1. The molecule has 0 fully saturated rings. The van der Waals surface area contributed by atoms with Crippen LogP contribution in [0.1, 0.15) is 27.4 Å². The minimum atomic E-state index is -0.0907. The number of anilines is 1. The number of hydrogen-bond donors (Lipinski definition) is 1.